The topological polar surface area (TPSA) is 66.4 Å². The number of carboxylic acid groups (broad SMARTS) is 1. The molecule has 1 aromatic carbocycles. The molecule has 0 unspecified atom stereocenters. The largest absolute Gasteiger partial charge is 0.481 e. The number of rotatable bonds is 4. The molecule has 4 nitrogen and oxygen atoms in total. The lowest BCUT2D eigenvalue weighted by Gasteiger charge is -2.18. The van der Waals surface area contributed by atoms with Gasteiger partial charge in [0.2, 0.25) is 0 Å². The van der Waals surface area contributed by atoms with Crippen molar-refractivity contribution in [3.8, 4) is 0 Å². The van der Waals surface area contributed by atoms with E-state index >= 15 is 0 Å². The van der Waals surface area contributed by atoms with E-state index in [2.05, 4.69) is 5.32 Å². The molecule has 100 valence electrons. The van der Waals surface area contributed by atoms with Crippen LogP contribution < -0.4 is 5.32 Å². The number of benzene rings is 1. The maximum absolute atomic E-state index is 11.6. The average molecular weight is 259 g/mol. The van der Waals surface area contributed by atoms with E-state index in [0.29, 0.717) is 6.42 Å². The van der Waals surface area contributed by atoms with Gasteiger partial charge >= 0.3 is 5.97 Å². The van der Waals surface area contributed by atoms with Crippen LogP contribution in [0, 0.1) is 0 Å². The Morgan fingerprint density at radius 2 is 1.95 bits per heavy atom. The summed E-state index contributed by atoms with van der Waals surface area (Å²) in [6.45, 7) is 1.85. The Kier molecular flexibility index (Phi) is 4.00. The van der Waals surface area contributed by atoms with E-state index in [1.165, 1.54) is 0 Å². The lowest BCUT2D eigenvalue weighted by atomic mass is 9.96. The summed E-state index contributed by atoms with van der Waals surface area (Å²) in [4.78, 5) is 22.2. The Labute approximate surface area is 112 Å². The van der Waals surface area contributed by atoms with Gasteiger partial charge in [-0.3, -0.25) is 9.59 Å². The quantitative estimate of drug-likeness (QED) is 0.872. The summed E-state index contributed by atoms with van der Waals surface area (Å²) in [6, 6.07) is 7.27. The normalized spacial score (nSPS) is 15.5. The van der Waals surface area contributed by atoms with Gasteiger partial charge in [-0.2, -0.15) is 0 Å². The second kappa shape index (κ2) is 5.69. The number of hydrogen-bond donors (Lipinski definition) is 2. The summed E-state index contributed by atoms with van der Waals surface area (Å²) in [7, 11) is 0. The molecule has 0 amide bonds. The highest BCUT2D eigenvalue weighted by Gasteiger charge is 2.16. The molecule has 0 radical (unpaired) electrons. The third-order valence-corrected chi connectivity index (χ3v) is 3.31. The van der Waals surface area contributed by atoms with E-state index in [9.17, 15) is 9.59 Å². The minimum absolute atomic E-state index is 0.0283. The van der Waals surface area contributed by atoms with E-state index in [0.717, 1.165) is 35.4 Å². The molecule has 1 aliphatic carbocycles. The maximum Gasteiger partial charge on any atom is 0.307 e. The summed E-state index contributed by atoms with van der Waals surface area (Å²) in [6.07, 6.45) is 2.43. The van der Waals surface area contributed by atoms with E-state index in [1.807, 2.05) is 19.1 Å². The van der Waals surface area contributed by atoms with Gasteiger partial charge in [0.05, 0.1) is 6.42 Å². The first-order valence-electron chi connectivity index (χ1n) is 6.37. The molecule has 0 saturated carbocycles. The Hall–Kier alpha value is -2.10. The van der Waals surface area contributed by atoms with E-state index in [4.69, 9.17) is 5.11 Å². The predicted molar refractivity (Wildman–Crippen MR) is 73.0 cm³/mol. The number of aliphatic carboxylic acids is 1. The zero-order valence-electron chi connectivity index (χ0n) is 10.9. The highest BCUT2D eigenvalue weighted by atomic mass is 16.4. The van der Waals surface area contributed by atoms with Crippen LogP contribution in [0.1, 0.15) is 31.7 Å². The molecule has 19 heavy (non-hydrogen) atoms. The zero-order valence-corrected chi connectivity index (χ0v) is 10.9. The van der Waals surface area contributed by atoms with Crippen LogP contribution in [0.4, 0.5) is 5.69 Å². The second-order valence-corrected chi connectivity index (χ2v) is 4.77. The molecule has 0 saturated heterocycles. The molecular weight excluding hydrogens is 242 g/mol. The van der Waals surface area contributed by atoms with Crippen molar-refractivity contribution < 1.29 is 14.7 Å². The van der Waals surface area contributed by atoms with Crippen molar-refractivity contribution in [3.63, 3.8) is 0 Å². The van der Waals surface area contributed by atoms with Crippen LogP contribution in [0.15, 0.2) is 35.5 Å². The molecule has 2 N–H and O–H groups in total. The average Bonchev–Trinajstić information content (AvgIpc) is 2.37. The number of carboxylic acids is 1. The van der Waals surface area contributed by atoms with Crippen molar-refractivity contribution in [1.82, 2.24) is 0 Å². The van der Waals surface area contributed by atoms with Crippen molar-refractivity contribution in [3.05, 3.63) is 41.1 Å². The summed E-state index contributed by atoms with van der Waals surface area (Å²) in [5, 5.41) is 12.0. The van der Waals surface area contributed by atoms with Crippen LogP contribution in [0.2, 0.25) is 0 Å². The van der Waals surface area contributed by atoms with Gasteiger partial charge in [0.25, 0.3) is 0 Å². The highest BCUT2D eigenvalue weighted by molar-refractivity contribution is 5.96. The summed E-state index contributed by atoms with van der Waals surface area (Å²) < 4.78 is 0. The predicted octanol–water partition coefficient (Wildman–Crippen LogP) is 2.75. The van der Waals surface area contributed by atoms with Crippen molar-refractivity contribution in [1.29, 1.82) is 0 Å². The minimum Gasteiger partial charge on any atom is -0.481 e. The van der Waals surface area contributed by atoms with Crippen LogP contribution in [0.25, 0.3) is 0 Å². The number of anilines is 1. The van der Waals surface area contributed by atoms with Crippen molar-refractivity contribution >= 4 is 17.4 Å². The number of nitrogens with one attached hydrogen (secondary N) is 1. The van der Waals surface area contributed by atoms with Gasteiger partial charge in [0, 0.05) is 23.4 Å². The van der Waals surface area contributed by atoms with Crippen LogP contribution in [-0.4, -0.2) is 16.9 Å². The number of Topliss-reactive ketones (excluding diaryl/α,β-unsaturated/α-hetero) is 1. The molecule has 0 aliphatic heterocycles. The third kappa shape index (κ3) is 3.44. The standard InChI is InChI=1S/C15H17NO3/c1-10-13(3-2-4-14(10)17)16-12-7-5-11(6-8-12)9-15(18)19/h5-8,16H,2-4,9H2,1H3,(H,18,19). The van der Waals surface area contributed by atoms with Crippen LogP contribution >= 0.6 is 0 Å². The number of ketones is 1. The lowest BCUT2D eigenvalue weighted by Crippen LogP contribution is -2.14. The van der Waals surface area contributed by atoms with Gasteiger partial charge in [-0.15, -0.1) is 0 Å². The Morgan fingerprint density at radius 1 is 1.26 bits per heavy atom. The second-order valence-electron chi connectivity index (χ2n) is 4.77. The molecule has 4 heteroatoms. The zero-order chi connectivity index (χ0) is 13.8. The maximum atomic E-state index is 11.6. The number of hydrogen-bond acceptors (Lipinski definition) is 3. The highest BCUT2D eigenvalue weighted by Crippen LogP contribution is 2.23. The fraction of sp³-hybridized carbons (Fsp3) is 0.333. The van der Waals surface area contributed by atoms with Crippen molar-refractivity contribution in [2.75, 3.05) is 5.32 Å². The van der Waals surface area contributed by atoms with Crippen LogP contribution in [-0.2, 0) is 16.0 Å². The molecule has 0 spiro atoms. The van der Waals surface area contributed by atoms with E-state index in [-0.39, 0.29) is 12.2 Å². The fourth-order valence-electron chi connectivity index (χ4n) is 2.18. The molecule has 0 aromatic heterocycles. The molecule has 1 aromatic rings. The number of carbonyl (C=O) groups excluding carboxylic acids is 1. The smallest absolute Gasteiger partial charge is 0.307 e. The Bertz CT molecular complexity index is 529. The first-order valence-corrected chi connectivity index (χ1v) is 6.37. The monoisotopic (exact) mass is 259 g/mol. The minimum atomic E-state index is -0.836. The number of carbonyl (C=O) groups is 2. The summed E-state index contributed by atoms with van der Waals surface area (Å²) >= 11 is 0. The molecule has 1 aliphatic rings. The van der Waals surface area contributed by atoms with Gasteiger partial charge in [-0.1, -0.05) is 12.1 Å². The van der Waals surface area contributed by atoms with Gasteiger partial charge in [0.1, 0.15) is 0 Å². The SMILES string of the molecule is CC1=C(Nc2ccc(CC(=O)O)cc2)CCCC1=O. The van der Waals surface area contributed by atoms with Gasteiger partial charge in [-0.05, 0) is 37.5 Å². The number of allylic oxidation sites excluding steroid dienone is 2. The van der Waals surface area contributed by atoms with Crippen molar-refractivity contribution in [2.24, 2.45) is 0 Å². The van der Waals surface area contributed by atoms with Gasteiger partial charge in [0.15, 0.2) is 5.78 Å². The summed E-state index contributed by atoms with van der Waals surface area (Å²) in [5.41, 5.74) is 3.43. The van der Waals surface area contributed by atoms with E-state index < -0.39 is 5.97 Å². The molecular formula is C15H17NO3. The van der Waals surface area contributed by atoms with Crippen molar-refractivity contribution in [2.45, 2.75) is 32.6 Å². The van der Waals surface area contributed by atoms with Crippen LogP contribution in [0.3, 0.4) is 0 Å². The molecule has 2 rings (SSSR count). The molecule has 0 fully saturated rings. The fourth-order valence-corrected chi connectivity index (χ4v) is 2.18. The van der Waals surface area contributed by atoms with Gasteiger partial charge < -0.3 is 10.4 Å². The molecule has 0 atom stereocenters. The lowest BCUT2D eigenvalue weighted by molar-refractivity contribution is -0.136. The molecule has 0 heterocycles. The Morgan fingerprint density at radius 3 is 2.58 bits per heavy atom. The first-order chi connectivity index (χ1) is 9.06. The van der Waals surface area contributed by atoms with Crippen LogP contribution in [0.5, 0.6) is 0 Å². The Balaban J connectivity index is 2.09. The summed E-state index contributed by atoms with van der Waals surface area (Å²) in [5.74, 6) is -0.631. The first kappa shape index (κ1) is 13.3. The van der Waals surface area contributed by atoms with Gasteiger partial charge in [-0.25, -0.2) is 0 Å². The van der Waals surface area contributed by atoms with E-state index in [1.54, 1.807) is 12.1 Å². The third-order valence-electron chi connectivity index (χ3n) is 3.31. The molecule has 0 bridgehead atoms.